The molecule has 3 aromatic carbocycles. The van der Waals surface area contributed by atoms with Gasteiger partial charge < -0.3 is 13.9 Å². The van der Waals surface area contributed by atoms with Gasteiger partial charge in [-0.2, -0.15) is 9.78 Å². The second kappa shape index (κ2) is 10.8. The number of furan rings is 1. The molecular formula is C30H22BrN3O4. The molecule has 0 atom stereocenters. The average Bonchev–Trinajstić information content (AvgIpc) is 3.35. The summed E-state index contributed by atoms with van der Waals surface area (Å²) >= 11 is 3.48. The number of para-hydroxylation sites is 1. The predicted molar refractivity (Wildman–Crippen MR) is 153 cm³/mol. The summed E-state index contributed by atoms with van der Waals surface area (Å²) in [6.07, 6.45) is 9.23. The number of nitrogens with zero attached hydrogens (tertiary/aromatic N) is 3. The van der Waals surface area contributed by atoms with E-state index in [0.29, 0.717) is 45.7 Å². The maximum atomic E-state index is 13.6. The van der Waals surface area contributed by atoms with Crippen molar-refractivity contribution in [3.05, 3.63) is 99.3 Å². The lowest BCUT2D eigenvalue weighted by molar-refractivity contribution is 0.328. The van der Waals surface area contributed by atoms with E-state index in [1.807, 2.05) is 36.4 Å². The summed E-state index contributed by atoms with van der Waals surface area (Å²) in [4.78, 5) is 18.3. The number of terminal acetylenes is 1. The number of allylic oxidation sites excluding steroid dienone is 1. The van der Waals surface area contributed by atoms with Gasteiger partial charge in [-0.3, -0.25) is 4.79 Å². The quantitative estimate of drug-likeness (QED) is 0.127. The van der Waals surface area contributed by atoms with Crippen molar-refractivity contribution in [2.24, 2.45) is 5.10 Å². The average molecular weight is 568 g/mol. The summed E-state index contributed by atoms with van der Waals surface area (Å²) in [5.74, 6) is 4.20. The molecule has 0 amide bonds. The summed E-state index contributed by atoms with van der Waals surface area (Å²) in [6, 6.07) is 18.3. The van der Waals surface area contributed by atoms with Crippen LogP contribution in [0.25, 0.3) is 33.5 Å². The van der Waals surface area contributed by atoms with Crippen LogP contribution in [0, 0.1) is 12.3 Å². The van der Waals surface area contributed by atoms with Crippen molar-refractivity contribution < 1.29 is 13.9 Å². The first-order valence-electron chi connectivity index (χ1n) is 11.7. The summed E-state index contributed by atoms with van der Waals surface area (Å²) in [5, 5.41) is 5.86. The molecule has 0 saturated heterocycles. The van der Waals surface area contributed by atoms with Crippen LogP contribution in [0.4, 0.5) is 0 Å². The normalized spacial score (nSPS) is 11.2. The summed E-state index contributed by atoms with van der Waals surface area (Å²) in [6.45, 7) is 3.93. The Balaban J connectivity index is 1.67. The van der Waals surface area contributed by atoms with Crippen LogP contribution in [-0.4, -0.2) is 29.6 Å². The Kier molecular flexibility index (Phi) is 7.11. The van der Waals surface area contributed by atoms with E-state index in [1.165, 1.54) is 4.68 Å². The van der Waals surface area contributed by atoms with Crippen LogP contribution >= 0.6 is 15.9 Å². The van der Waals surface area contributed by atoms with Gasteiger partial charge in [0, 0.05) is 15.4 Å². The number of ether oxygens (including phenoxy) is 2. The minimum absolute atomic E-state index is 0.101. The third-order valence-electron chi connectivity index (χ3n) is 5.81. The fourth-order valence-corrected chi connectivity index (χ4v) is 4.51. The van der Waals surface area contributed by atoms with E-state index in [0.717, 1.165) is 15.4 Å². The highest BCUT2D eigenvalue weighted by molar-refractivity contribution is 9.10. The fourth-order valence-electron chi connectivity index (χ4n) is 4.13. The third-order valence-corrected chi connectivity index (χ3v) is 6.31. The van der Waals surface area contributed by atoms with Gasteiger partial charge in [-0.1, -0.05) is 40.1 Å². The van der Waals surface area contributed by atoms with E-state index in [1.54, 1.807) is 43.7 Å². The fraction of sp³-hybridized carbons (Fsp3) is 0.100. The lowest BCUT2D eigenvalue weighted by Gasteiger charge is -2.14. The van der Waals surface area contributed by atoms with E-state index in [9.17, 15) is 4.79 Å². The first-order chi connectivity index (χ1) is 18.5. The molecule has 0 N–H and O–H groups in total. The molecule has 7 nitrogen and oxygen atoms in total. The lowest BCUT2D eigenvalue weighted by atomic mass is 10.1. The number of aromatic nitrogens is 2. The Hall–Kier alpha value is -4.61. The highest BCUT2D eigenvalue weighted by Crippen LogP contribution is 2.33. The lowest BCUT2D eigenvalue weighted by Crippen LogP contribution is -2.20. The van der Waals surface area contributed by atoms with E-state index < -0.39 is 0 Å². The van der Waals surface area contributed by atoms with Crippen molar-refractivity contribution in [2.45, 2.75) is 6.42 Å². The van der Waals surface area contributed by atoms with E-state index in [2.05, 4.69) is 33.5 Å². The predicted octanol–water partition coefficient (Wildman–Crippen LogP) is 6.20. The van der Waals surface area contributed by atoms with Gasteiger partial charge >= 0.3 is 0 Å². The molecule has 0 fully saturated rings. The zero-order valence-corrected chi connectivity index (χ0v) is 22.1. The smallest absolute Gasteiger partial charge is 0.282 e. The zero-order chi connectivity index (χ0) is 26.6. The third kappa shape index (κ3) is 4.84. The monoisotopic (exact) mass is 567 g/mol. The molecular weight excluding hydrogens is 546 g/mol. The number of hydrogen-bond donors (Lipinski definition) is 0. The molecule has 0 aliphatic heterocycles. The minimum Gasteiger partial charge on any atom is -0.493 e. The van der Waals surface area contributed by atoms with E-state index in [-0.39, 0.29) is 18.0 Å². The maximum Gasteiger partial charge on any atom is 0.282 e. The van der Waals surface area contributed by atoms with Crippen LogP contribution in [-0.2, 0) is 6.42 Å². The standard InChI is InChI=1S/C30H22BrN3O4/c1-4-8-20-14-19(15-26(36-3)28(20)37-13-5-2)18-32-34-29(33-24-10-7-6-9-23(24)30(34)35)27-17-21-16-22(31)11-12-25(21)38-27/h2,4,6-7,9-12,14-18H,1,8,13H2,3H3. The molecule has 2 aromatic heterocycles. The van der Waals surface area contributed by atoms with Gasteiger partial charge in [-0.25, -0.2) is 4.98 Å². The molecule has 0 saturated carbocycles. The number of methoxy groups -OCH3 is 1. The van der Waals surface area contributed by atoms with Crippen LogP contribution in [0.15, 0.2) is 92.1 Å². The Labute approximate surface area is 227 Å². The molecule has 0 spiro atoms. The Morgan fingerprint density at radius 1 is 1.21 bits per heavy atom. The molecule has 2 heterocycles. The molecule has 38 heavy (non-hydrogen) atoms. The van der Waals surface area contributed by atoms with Gasteiger partial charge in [-0.15, -0.1) is 13.0 Å². The van der Waals surface area contributed by atoms with Crippen LogP contribution in [0.5, 0.6) is 11.5 Å². The van der Waals surface area contributed by atoms with Crippen molar-refractivity contribution >= 4 is 44.0 Å². The topological polar surface area (TPSA) is 78.9 Å². The van der Waals surface area contributed by atoms with Gasteiger partial charge in [0.15, 0.2) is 17.3 Å². The molecule has 188 valence electrons. The number of hydrogen-bond acceptors (Lipinski definition) is 6. The van der Waals surface area contributed by atoms with Crippen molar-refractivity contribution in [1.29, 1.82) is 0 Å². The van der Waals surface area contributed by atoms with E-state index in [4.69, 9.17) is 25.3 Å². The SMILES string of the molecule is C#CCOc1c(CC=C)cc(C=Nn2c(-c3cc4cc(Br)ccc4o3)nc3ccccc3c2=O)cc1OC. The molecule has 0 aliphatic rings. The Morgan fingerprint density at radius 3 is 2.84 bits per heavy atom. The Morgan fingerprint density at radius 2 is 2.05 bits per heavy atom. The van der Waals surface area contributed by atoms with Gasteiger partial charge in [0.05, 0.1) is 24.2 Å². The summed E-state index contributed by atoms with van der Waals surface area (Å²) < 4.78 is 19.5. The summed E-state index contributed by atoms with van der Waals surface area (Å²) in [7, 11) is 1.55. The molecule has 5 aromatic rings. The van der Waals surface area contributed by atoms with Crippen molar-refractivity contribution in [1.82, 2.24) is 9.66 Å². The van der Waals surface area contributed by atoms with Crippen LogP contribution in [0.2, 0.25) is 0 Å². The second-order valence-electron chi connectivity index (χ2n) is 8.30. The minimum atomic E-state index is -0.323. The maximum absolute atomic E-state index is 13.6. The van der Waals surface area contributed by atoms with E-state index >= 15 is 0 Å². The molecule has 0 unspecified atom stereocenters. The summed E-state index contributed by atoms with van der Waals surface area (Å²) in [5.41, 5.74) is 2.40. The highest BCUT2D eigenvalue weighted by atomic mass is 79.9. The van der Waals surface area contributed by atoms with Gasteiger partial charge in [0.1, 0.15) is 12.2 Å². The first kappa shape index (κ1) is 25.1. The first-order valence-corrected chi connectivity index (χ1v) is 12.5. The van der Waals surface area contributed by atoms with Crippen LogP contribution in [0.3, 0.4) is 0 Å². The van der Waals surface area contributed by atoms with Crippen molar-refractivity contribution in [2.75, 3.05) is 13.7 Å². The van der Waals surface area contributed by atoms with Gasteiger partial charge in [0.2, 0.25) is 5.82 Å². The molecule has 0 bridgehead atoms. The molecule has 0 aliphatic carbocycles. The van der Waals surface area contributed by atoms with Gasteiger partial charge in [-0.05, 0) is 60.5 Å². The molecule has 8 heteroatoms. The van der Waals surface area contributed by atoms with Gasteiger partial charge in [0.25, 0.3) is 5.56 Å². The highest BCUT2D eigenvalue weighted by Gasteiger charge is 2.17. The second-order valence-corrected chi connectivity index (χ2v) is 9.22. The molecule has 0 radical (unpaired) electrons. The van der Waals surface area contributed by atoms with Crippen LogP contribution < -0.4 is 15.0 Å². The number of benzene rings is 3. The number of fused-ring (bicyclic) bond motifs is 2. The number of halogens is 1. The van der Waals surface area contributed by atoms with Crippen LogP contribution in [0.1, 0.15) is 11.1 Å². The Bertz CT molecular complexity index is 1810. The van der Waals surface area contributed by atoms with Crippen molar-refractivity contribution in [3.8, 4) is 35.4 Å². The largest absolute Gasteiger partial charge is 0.493 e. The van der Waals surface area contributed by atoms with Crippen molar-refractivity contribution in [3.63, 3.8) is 0 Å². The number of rotatable bonds is 8. The molecule has 5 rings (SSSR count). The zero-order valence-electron chi connectivity index (χ0n) is 20.5.